The highest BCUT2D eigenvalue weighted by Crippen LogP contribution is 2.21. The molecule has 3 aromatic rings. The second-order valence-electron chi connectivity index (χ2n) is 5.51. The molecule has 0 aliphatic carbocycles. The first-order valence-corrected chi connectivity index (χ1v) is 8.13. The Hall–Kier alpha value is -2.78. The first kappa shape index (κ1) is 16.1. The second-order valence-corrected chi connectivity index (χ2v) is 5.51. The van der Waals surface area contributed by atoms with E-state index in [1.54, 1.807) is 6.20 Å². The van der Waals surface area contributed by atoms with Gasteiger partial charge < -0.3 is 5.11 Å². The van der Waals surface area contributed by atoms with Crippen LogP contribution in [0.3, 0.4) is 0 Å². The summed E-state index contributed by atoms with van der Waals surface area (Å²) in [6, 6.07) is 24.2. The van der Waals surface area contributed by atoms with E-state index in [0.717, 1.165) is 28.8 Å². The largest absolute Gasteiger partial charge is 0.396 e. The van der Waals surface area contributed by atoms with Gasteiger partial charge in [-0.15, -0.1) is 0 Å². The quantitative estimate of drug-likeness (QED) is 0.694. The van der Waals surface area contributed by atoms with Crippen LogP contribution in [0.4, 0.5) is 5.82 Å². The summed E-state index contributed by atoms with van der Waals surface area (Å²) in [5.41, 5.74) is 4.07. The van der Waals surface area contributed by atoms with E-state index in [2.05, 4.69) is 29.2 Å². The number of aliphatic hydroxyl groups excluding tert-OH is 1. The number of nitrogens with zero attached hydrogens (tertiary/aromatic N) is 2. The van der Waals surface area contributed by atoms with E-state index in [1.807, 2.05) is 48.5 Å². The summed E-state index contributed by atoms with van der Waals surface area (Å²) in [7, 11) is 0. The molecule has 0 saturated heterocycles. The molecule has 0 fully saturated rings. The molecule has 3 nitrogen and oxygen atoms in total. The summed E-state index contributed by atoms with van der Waals surface area (Å²) >= 11 is 0. The molecule has 0 atom stereocenters. The Morgan fingerprint density at radius 2 is 1.46 bits per heavy atom. The van der Waals surface area contributed by atoms with Gasteiger partial charge in [0, 0.05) is 23.9 Å². The van der Waals surface area contributed by atoms with E-state index < -0.39 is 0 Å². The highest BCUT2D eigenvalue weighted by molar-refractivity contribution is 6.13. The van der Waals surface area contributed by atoms with Crippen LogP contribution in [0.15, 0.2) is 84.0 Å². The van der Waals surface area contributed by atoms with Gasteiger partial charge >= 0.3 is 0 Å². The maximum Gasteiger partial charge on any atom is 0.155 e. The molecule has 0 aliphatic rings. The standard InChI is InChI=1S/C21H20N2O/c24-16-8-14-19-13-7-15-22-21(19)23-20(17-9-3-1-4-10-17)18-11-5-2-6-12-18/h1-7,9-13,15,24H,8,14,16H2. The summed E-state index contributed by atoms with van der Waals surface area (Å²) in [4.78, 5) is 9.33. The first-order chi connectivity index (χ1) is 11.9. The first-order valence-electron chi connectivity index (χ1n) is 8.13. The van der Waals surface area contributed by atoms with Gasteiger partial charge in [-0.3, -0.25) is 0 Å². The third kappa shape index (κ3) is 3.94. The van der Waals surface area contributed by atoms with Crippen LogP contribution in [-0.2, 0) is 6.42 Å². The fourth-order valence-electron chi connectivity index (χ4n) is 2.59. The summed E-state index contributed by atoms with van der Waals surface area (Å²) in [5, 5.41) is 9.10. The third-order valence-corrected chi connectivity index (χ3v) is 3.78. The van der Waals surface area contributed by atoms with E-state index >= 15 is 0 Å². The SMILES string of the molecule is OCCCc1cccnc1N=C(c1ccccc1)c1ccccc1. The molecule has 0 spiro atoms. The van der Waals surface area contributed by atoms with Crippen molar-refractivity contribution in [1.29, 1.82) is 0 Å². The van der Waals surface area contributed by atoms with E-state index in [0.29, 0.717) is 12.2 Å². The van der Waals surface area contributed by atoms with Gasteiger partial charge in [-0.25, -0.2) is 9.98 Å². The smallest absolute Gasteiger partial charge is 0.155 e. The fourth-order valence-corrected chi connectivity index (χ4v) is 2.59. The Morgan fingerprint density at radius 3 is 2.04 bits per heavy atom. The molecule has 1 heterocycles. The topological polar surface area (TPSA) is 45.5 Å². The number of aromatic nitrogens is 1. The molecule has 1 aromatic heterocycles. The molecule has 0 unspecified atom stereocenters. The second kappa shape index (κ2) is 8.18. The number of benzene rings is 2. The van der Waals surface area contributed by atoms with Crippen molar-refractivity contribution in [3.05, 3.63) is 95.7 Å². The molecule has 120 valence electrons. The van der Waals surface area contributed by atoms with Gasteiger partial charge in [-0.1, -0.05) is 66.7 Å². The van der Waals surface area contributed by atoms with Crippen molar-refractivity contribution in [2.24, 2.45) is 4.99 Å². The predicted octanol–water partition coefficient (Wildman–Crippen LogP) is 4.18. The van der Waals surface area contributed by atoms with Gasteiger partial charge in [-0.2, -0.15) is 0 Å². The van der Waals surface area contributed by atoms with Gasteiger partial charge in [-0.05, 0) is 24.5 Å². The minimum atomic E-state index is 0.169. The predicted molar refractivity (Wildman–Crippen MR) is 97.8 cm³/mol. The van der Waals surface area contributed by atoms with Crippen molar-refractivity contribution in [3.63, 3.8) is 0 Å². The lowest BCUT2D eigenvalue weighted by Gasteiger charge is -2.09. The lowest BCUT2D eigenvalue weighted by Crippen LogP contribution is -2.03. The number of aliphatic imine (C=N–C) groups is 1. The van der Waals surface area contributed by atoms with Crippen LogP contribution in [-0.4, -0.2) is 22.4 Å². The lowest BCUT2D eigenvalue weighted by atomic mass is 10.0. The van der Waals surface area contributed by atoms with Gasteiger partial charge in [0.15, 0.2) is 5.82 Å². The van der Waals surface area contributed by atoms with Crippen LogP contribution in [0.1, 0.15) is 23.1 Å². The van der Waals surface area contributed by atoms with Crippen LogP contribution >= 0.6 is 0 Å². The minimum absolute atomic E-state index is 0.169. The molecule has 0 radical (unpaired) electrons. The van der Waals surface area contributed by atoms with Crippen LogP contribution in [0.25, 0.3) is 0 Å². The van der Waals surface area contributed by atoms with E-state index in [9.17, 15) is 0 Å². The number of aliphatic hydroxyl groups is 1. The zero-order valence-corrected chi connectivity index (χ0v) is 13.5. The molecule has 0 saturated carbocycles. The van der Waals surface area contributed by atoms with Crippen LogP contribution in [0.2, 0.25) is 0 Å². The van der Waals surface area contributed by atoms with Gasteiger partial charge in [0.05, 0.1) is 5.71 Å². The van der Waals surface area contributed by atoms with Crippen molar-refractivity contribution in [2.45, 2.75) is 12.8 Å². The highest BCUT2D eigenvalue weighted by Gasteiger charge is 2.09. The molecule has 0 amide bonds. The number of pyridine rings is 1. The van der Waals surface area contributed by atoms with Crippen LogP contribution in [0, 0.1) is 0 Å². The van der Waals surface area contributed by atoms with E-state index in [1.165, 1.54) is 0 Å². The molecule has 3 rings (SSSR count). The molecular weight excluding hydrogens is 296 g/mol. The normalized spacial score (nSPS) is 10.4. The zero-order chi connectivity index (χ0) is 16.6. The zero-order valence-electron chi connectivity index (χ0n) is 13.5. The Balaban J connectivity index is 2.08. The van der Waals surface area contributed by atoms with Crippen LogP contribution in [0.5, 0.6) is 0 Å². The highest BCUT2D eigenvalue weighted by atomic mass is 16.2. The number of aryl methyl sites for hydroxylation is 1. The molecule has 1 N–H and O–H groups in total. The van der Waals surface area contributed by atoms with Crippen LogP contribution < -0.4 is 0 Å². The maximum atomic E-state index is 9.10. The van der Waals surface area contributed by atoms with Crippen molar-refractivity contribution in [3.8, 4) is 0 Å². The Morgan fingerprint density at radius 1 is 0.833 bits per heavy atom. The van der Waals surface area contributed by atoms with Crippen molar-refractivity contribution < 1.29 is 5.11 Å². The van der Waals surface area contributed by atoms with Crippen molar-refractivity contribution >= 4 is 11.5 Å². The fraction of sp³-hybridized carbons (Fsp3) is 0.143. The summed E-state index contributed by atoms with van der Waals surface area (Å²) in [6.07, 6.45) is 3.23. The summed E-state index contributed by atoms with van der Waals surface area (Å²) in [5.74, 6) is 0.716. The molecule has 0 bridgehead atoms. The average Bonchev–Trinajstić information content (AvgIpc) is 2.66. The third-order valence-electron chi connectivity index (χ3n) is 3.78. The van der Waals surface area contributed by atoms with E-state index in [-0.39, 0.29) is 6.61 Å². The average molecular weight is 316 g/mol. The van der Waals surface area contributed by atoms with Gasteiger partial charge in [0.2, 0.25) is 0 Å². The molecule has 24 heavy (non-hydrogen) atoms. The lowest BCUT2D eigenvalue weighted by molar-refractivity contribution is 0.288. The maximum absolute atomic E-state index is 9.10. The minimum Gasteiger partial charge on any atom is -0.396 e. The number of hydrogen-bond donors (Lipinski definition) is 1. The Kier molecular flexibility index (Phi) is 5.48. The Bertz CT molecular complexity index is 757. The molecule has 0 aliphatic heterocycles. The van der Waals surface area contributed by atoms with Crippen molar-refractivity contribution in [1.82, 2.24) is 4.98 Å². The monoisotopic (exact) mass is 316 g/mol. The summed E-state index contributed by atoms with van der Waals surface area (Å²) < 4.78 is 0. The van der Waals surface area contributed by atoms with Crippen molar-refractivity contribution in [2.75, 3.05) is 6.61 Å². The Labute approximate surface area is 142 Å². The van der Waals surface area contributed by atoms with Gasteiger partial charge in [0.1, 0.15) is 0 Å². The summed E-state index contributed by atoms with van der Waals surface area (Å²) in [6.45, 7) is 0.169. The molecular formula is C21H20N2O. The molecule has 3 heteroatoms. The number of rotatable bonds is 6. The number of hydrogen-bond acceptors (Lipinski definition) is 3. The van der Waals surface area contributed by atoms with E-state index in [4.69, 9.17) is 10.1 Å². The van der Waals surface area contributed by atoms with Gasteiger partial charge in [0.25, 0.3) is 0 Å². The molecule has 2 aromatic carbocycles.